The Morgan fingerprint density at radius 1 is 1.21 bits per heavy atom. The van der Waals surface area contributed by atoms with E-state index in [1.165, 1.54) is 0 Å². The fourth-order valence-corrected chi connectivity index (χ4v) is 3.36. The Labute approximate surface area is 147 Å². The highest BCUT2D eigenvalue weighted by atomic mass is 35.5. The minimum absolute atomic E-state index is 0.0701. The Bertz CT molecular complexity index is 750. The zero-order valence-electron chi connectivity index (χ0n) is 13.9. The number of nitrogens with zero attached hydrogens (tertiary/aromatic N) is 1. The van der Waals surface area contributed by atoms with Crippen molar-refractivity contribution in [2.45, 2.75) is 25.4 Å². The fourth-order valence-electron chi connectivity index (χ4n) is 3.11. The van der Waals surface area contributed by atoms with E-state index in [4.69, 9.17) is 11.6 Å². The lowest BCUT2D eigenvalue weighted by Gasteiger charge is -2.34. The van der Waals surface area contributed by atoms with E-state index in [9.17, 15) is 9.90 Å². The smallest absolute Gasteiger partial charge is 0.369 e. The summed E-state index contributed by atoms with van der Waals surface area (Å²) in [6.45, 7) is 2.45. The van der Waals surface area contributed by atoms with Gasteiger partial charge in [0.25, 0.3) is 0 Å². The summed E-state index contributed by atoms with van der Waals surface area (Å²) in [5.41, 5.74) is 4.66. The molecule has 1 fully saturated rings. The van der Waals surface area contributed by atoms with Crippen LogP contribution >= 0.6 is 11.6 Å². The van der Waals surface area contributed by atoms with Crippen LogP contribution in [0.1, 0.15) is 19.8 Å². The number of hydrogen-bond donors (Lipinski definition) is 2. The van der Waals surface area contributed by atoms with Crippen LogP contribution in [-0.2, 0) is 4.79 Å². The highest BCUT2D eigenvalue weighted by Crippen LogP contribution is 2.40. The molecule has 0 saturated heterocycles. The van der Waals surface area contributed by atoms with Crippen molar-refractivity contribution in [2.75, 3.05) is 13.6 Å². The quantitative estimate of drug-likeness (QED) is 0.644. The van der Waals surface area contributed by atoms with Crippen molar-refractivity contribution in [3.05, 3.63) is 53.6 Å². The second-order valence-electron chi connectivity index (χ2n) is 6.21. The van der Waals surface area contributed by atoms with Crippen molar-refractivity contribution >= 4 is 23.2 Å². The average Bonchev–Trinajstić information content (AvgIpc) is 3.36. The molecule has 0 bridgehead atoms. The molecule has 1 unspecified atom stereocenters. The molecule has 3 rings (SSSR count). The van der Waals surface area contributed by atoms with Crippen LogP contribution < -0.4 is 10.0 Å². The Kier molecular flexibility index (Phi) is 4.49. The molecule has 2 aromatic rings. The third-order valence-electron chi connectivity index (χ3n) is 4.82. The highest BCUT2D eigenvalue weighted by Gasteiger charge is 2.59. The minimum Gasteiger partial charge on any atom is -0.376 e. The van der Waals surface area contributed by atoms with E-state index in [1.807, 2.05) is 55.5 Å². The van der Waals surface area contributed by atoms with Crippen LogP contribution in [0.4, 0.5) is 5.69 Å². The molecule has 1 atom stereocenters. The summed E-state index contributed by atoms with van der Waals surface area (Å²) in [5.74, 6) is -0.196. The van der Waals surface area contributed by atoms with Gasteiger partial charge >= 0.3 is 5.91 Å². The lowest BCUT2D eigenvalue weighted by Crippen LogP contribution is -2.65. The van der Waals surface area contributed by atoms with E-state index < -0.39 is 5.60 Å². The van der Waals surface area contributed by atoms with Crippen LogP contribution in [0.15, 0.2) is 48.5 Å². The molecule has 1 aliphatic rings. The van der Waals surface area contributed by atoms with Crippen molar-refractivity contribution in [1.82, 2.24) is 10.0 Å². The zero-order chi connectivity index (χ0) is 17.4. The van der Waals surface area contributed by atoms with Crippen molar-refractivity contribution in [3.8, 4) is 11.1 Å². The number of aliphatic hydroxyl groups is 1. The van der Waals surface area contributed by atoms with Gasteiger partial charge in [0.1, 0.15) is 6.54 Å². The largest absolute Gasteiger partial charge is 0.376 e. The number of carbonyl (C=O) groups excluding carboxylic acids is 1. The van der Waals surface area contributed by atoms with Crippen LogP contribution in [0.2, 0.25) is 5.02 Å². The SMILES string of the molecule is CC[N+](NC)(C(=O)C1(O)CC1)c1ccc(-c2ccccc2Cl)cc1. The number of rotatable bonds is 5. The normalized spacial score (nSPS) is 18.0. The van der Waals surface area contributed by atoms with E-state index in [1.54, 1.807) is 7.05 Å². The molecule has 24 heavy (non-hydrogen) atoms. The number of likely N-dealkylation sites (N-methyl/N-ethyl adjacent to an activating group) is 1. The van der Waals surface area contributed by atoms with Crippen molar-refractivity contribution < 1.29 is 9.90 Å². The number of carbonyl (C=O) groups is 1. The van der Waals surface area contributed by atoms with Gasteiger partial charge in [0.15, 0.2) is 11.3 Å². The number of benzene rings is 2. The third-order valence-corrected chi connectivity index (χ3v) is 5.15. The van der Waals surface area contributed by atoms with Crippen molar-refractivity contribution in [1.29, 1.82) is 0 Å². The second-order valence-corrected chi connectivity index (χ2v) is 6.62. The Morgan fingerprint density at radius 2 is 1.83 bits per heavy atom. The molecular weight excluding hydrogens is 324 g/mol. The first kappa shape index (κ1) is 17.1. The number of quaternary nitrogens is 1. The first-order chi connectivity index (χ1) is 11.5. The van der Waals surface area contributed by atoms with Gasteiger partial charge in [-0.1, -0.05) is 29.8 Å². The van der Waals surface area contributed by atoms with Crippen molar-refractivity contribution in [2.24, 2.45) is 0 Å². The van der Waals surface area contributed by atoms with Crippen LogP contribution in [0.25, 0.3) is 11.1 Å². The fraction of sp³-hybridized carbons (Fsp3) is 0.316. The molecule has 0 aliphatic heterocycles. The predicted molar refractivity (Wildman–Crippen MR) is 97.5 cm³/mol. The number of halogens is 1. The van der Waals surface area contributed by atoms with E-state index in [0.717, 1.165) is 16.8 Å². The standard InChI is InChI=1S/C19H22ClN2O2/c1-3-22(21-2,18(23)19(24)12-13-19)15-10-8-14(9-11-15)16-6-4-5-7-17(16)20/h4-11,21,24H,3,12-13H2,1-2H3/q+1. The van der Waals surface area contributed by atoms with Gasteiger partial charge in [0, 0.05) is 29.8 Å². The lowest BCUT2D eigenvalue weighted by atomic mass is 10.0. The maximum Gasteiger partial charge on any atom is 0.369 e. The van der Waals surface area contributed by atoms with Gasteiger partial charge in [-0.05, 0) is 43.5 Å². The molecule has 1 saturated carbocycles. The molecule has 0 heterocycles. The summed E-state index contributed by atoms with van der Waals surface area (Å²) in [4.78, 5) is 12.9. The molecule has 2 N–H and O–H groups in total. The number of hydrogen-bond acceptors (Lipinski definition) is 3. The van der Waals surface area contributed by atoms with Crippen LogP contribution in [0.3, 0.4) is 0 Å². The summed E-state index contributed by atoms with van der Waals surface area (Å²) >= 11 is 6.26. The maximum atomic E-state index is 12.9. The third kappa shape index (κ3) is 2.76. The Balaban J connectivity index is 1.99. The molecule has 1 aliphatic carbocycles. The van der Waals surface area contributed by atoms with Gasteiger partial charge < -0.3 is 5.11 Å². The zero-order valence-corrected chi connectivity index (χ0v) is 14.7. The summed E-state index contributed by atoms with van der Waals surface area (Å²) in [7, 11) is 1.75. The van der Waals surface area contributed by atoms with Gasteiger partial charge in [-0.25, -0.2) is 4.79 Å². The first-order valence-electron chi connectivity index (χ1n) is 8.17. The first-order valence-corrected chi connectivity index (χ1v) is 8.54. The molecule has 0 spiro atoms. The van der Waals surface area contributed by atoms with Gasteiger partial charge in [0.05, 0.1) is 0 Å². The minimum atomic E-state index is -1.19. The summed E-state index contributed by atoms with van der Waals surface area (Å²) in [5, 5.41) is 11.0. The summed E-state index contributed by atoms with van der Waals surface area (Å²) < 4.78 is -0.0701. The summed E-state index contributed by atoms with van der Waals surface area (Å²) in [6, 6.07) is 15.4. The van der Waals surface area contributed by atoms with Crippen LogP contribution in [-0.4, -0.2) is 30.2 Å². The molecule has 0 radical (unpaired) electrons. The molecule has 0 aromatic heterocycles. The number of amides is 1. The molecular formula is C19H22ClN2O2+. The van der Waals surface area contributed by atoms with Gasteiger partial charge in [0.2, 0.25) is 0 Å². The molecule has 4 nitrogen and oxygen atoms in total. The predicted octanol–water partition coefficient (Wildman–Crippen LogP) is 3.52. The van der Waals surface area contributed by atoms with E-state index in [2.05, 4.69) is 5.43 Å². The van der Waals surface area contributed by atoms with E-state index in [0.29, 0.717) is 24.4 Å². The van der Waals surface area contributed by atoms with E-state index >= 15 is 0 Å². The molecule has 5 heteroatoms. The molecule has 126 valence electrons. The highest BCUT2D eigenvalue weighted by molar-refractivity contribution is 6.33. The lowest BCUT2D eigenvalue weighted by molar-refractivity contribution is -0.144. The van der Waals surface area contributed by atoms with Gasteiger partial charge in [-0.3, -0.25) is 0 Å². The monoisotopic (exact) mass is 345 g/mol. The molecule has 2 aromatic carbocycles. The van der Waals surface area contributed by atoms with Gasteiger partial charge in [-0.15, -0.1) is 0 Å². The Morgan fingerprint density at radius 3 is 2.33 bits per heavy atom. The van der Waals surface area contributed by atoms with Crippen molar-refractivity contribution in [3.63, 3.8) is 0 Å². The van der Waals surface area contributed by atoms with E-state index in [-0.39, 0.29) is 10.5 Å². The van der Waals surface area contributed by atoms with Crippen LogP contribution in [0.5, 0.6) is 0 Å². The Hall–Kier alpha value is -1.72. The van der Waals surface area contributed by atoms with Crippen LogP contribution in [0, 0.1) is 0 Å². The molecule has 1 amide bonds. The number of nitrogens with one attached hydrogen (secondary N) is 1. The maximum absolute atomic E-state index is 12.9. The topological polar surface area (TPSA) is 49.3 Å². The van der Waals surface area contributed by atoms with Gasteiger partial charge in [-0.2, -0.15) is 10.0 Å². The average molecular weight is 346 g/mol. The summed E-state index contributed by atoms with van der Waals surface area (Å²) in [6.07, 6.45) is 1.07. The second kappa shape index (κ2) is 6.30.